The zero-order valence-corrected chi connectivity index (χ0v) is 8.38. The molecule has 0 saturated carbocycles. The van der Waals surface area contributed by atoms with Crippen molar-refractivity contribution in [3.63, 3.8) is 0 Å². The first-order valence-corrected chi connectivity index (χ1v) is 4.55. The standard InChI is InChI=1S/C10H17NO2/c1-4-8-11(5-2)10(12)7-9-13-6-3/h1H,5-9H2,2-3H3. The molecule has 0 bridgehead atoms. The fourth-order valence-corrected chi connectivity index (χ4v) is 0.948. The van der Waals surface area contributed by atoms with Gasteiger partial charge in [0.25, 0.3) is 0 Å². The first-order chi connectivity index (χ1) is 6.26. The summed E-state index contributed by atoms with van der Waals surface area (Å²) in [6.45, 7) is 6.00. The van der Waals surface area contributed by atoms with Gasteiger partial charge in [0.15, 0.2) is 0 Å². The average molecular weight is 183 g/mol. The van der Waals surface area contributed by atoms with E-state index in [1.165, 1.54) is 0 Å². The minimum atomic E-state index is 0.0638. The molecule has 3 heteroatoms. The number of terminal acetylenes is 1. The van der Waals surface area contributed by atoms with Crippen molar-refractivity contribution in [1.29, 1.82) is 0 Å². The summed E-state index contributed by atoms with van der Waals surface area (Å²) in [7, 11) is 0. The fourth-order valence-electron chi connectivity index (χ4n) is 0.948. The summed E-state index contributed by atoms with van der Waals surface area (Å²) in [5.41, 5.74) is 0. The molecule has 0 radical (unpaired) electrons. The second-order valence-electron chi connectivity index (χ2n) is 2.56. The van der Waals surface area contributed by atoms with Crippen molar-refractivity contribution in [2.45, 2.75) is 20.3 Å². The molecule has 0 aliphatic heterocycles. The van der Waals surface area contributed by atoms with E-state index in [2.05, 4.69) is 5.92 Å². The van der Waals surface area contributed by atoms with E-state index in [0.29, 0.717) is 32.7 Å². The van der Waals surface area contributed by atoms with Crippen LogP contribution in [0, 0.1) is 12.3 Å². The van der Waals surface area contributed by atoms with Gasteiger partial charge in [-0.25, -0.2) is 0 Å². The van der Waals surface area contributed by atoms with Gasteiger partial charge in [0, 0.05) is 13.2 Å². The zero-order valence-electron chi connectivity index (χ0n) is 8.38. The SMILES string of the molecule is C#CCN(CC)C(=O)CCOCC. The lowest BCUT2D eigenvalue weighted by Crippen LogP contribution is -2.31. The molecule has 0 aromatic rings. The average Bonchev–Trinajstić information content (AvgIpc) is 2.14. The van der Waals surface area contributed by atoms with E-state index >= 15 is 0 Å². The number of ether oxygens (including phenoxy) is 1. The van der Waals surface area contributed by atoms with Gasteiger partial charge in [-0.3, -0.25) is 4.79 Å². The highest BCUT2D eigenvalue weighted by atomic mass is 16.5. The maximum atomic E-state index is 11.4. The second kappa shape index (κ2) is 7.63. The molecule has 0 spiro atoms. The number of nitrogens with zero attached hydrogens (tertiary/aromatic N) is 1. The van der Waals surface area contributed by atoms with E-state index in [1.807, 2.05) is 13.8 Å². The van der Waals surface area contributed by atoms with Gasteiger partial charge >= 0.3 is 0 Å². The highest BCUT2D eigenvalue weighted by molar-refractivity contribution is 5.76. The predicted octanol–water partition coefficient (Wildman–Crippen LogP) is 0.895. The van der Waals surface area contributed by atoms with Crippen LogP contribution in [-0.4, -0.2) is 37.1 Å². The van der Waals surface area contributed by atoms with Crippen molar-refractivity contribution < 1.29 is 9.53 Å². The number of rotatable bonds is 6. The van der Waals surface area contributed by atoms with Crippen LogP contribution in [0.2, 0.25) is 0 Å². The van der Waals surface area contributed by atoms with Crippen molar-refractivity contribution in [3.8, 4) is 12.3 Å². The van der Waals surface area contributed by atoms with Crippen LogP contribution in [0.25, 0.3) is 0 Å². The van der Waals surface area contributed by atoms with Crippen LogP contribution < -0.4 is 0 Å². The largest absolute Gasteiger partial charge is 0.381 e. The molecule has 74 valence electrons. The third-order valence-electron chi connectivity index (χ3n) is 1.68. The molecule has 0 fully saturated rings. The van der Waals surface area contributed by atoms with Crippen LogP contribution in [0.15, 0.2) is 0 Å². The van der Waals surface area contributed by atoms with Gasteiger partial charge in [-0.05, 0) is 13.8 Å². The van der Waals surface area contributed by atoms with Crippen LogP contribution in [0.1, 0.15) is 20.3 Å². The molecule has 3 nitrogen and oxygen atoms in total. The van der Waals surface area contributed by atoms with Gasteiger partial charge in [-0.2, -0.15) is 0 Å². The quantitative estimate of drug-likeness (QED) is 0.452. The molecule has 13 heavy (non-hydrogen) atoms. The van der Waals surface area contributed by atoms with E-state index in [9.17, 15) is 4.79 Å². The molecule has 0 rings (SSSR count). The van der Waals surface area contributed by atoms with Crippen LogP contribution in [-0.2, 0) is 9.53 Å². The molecule has 0 aliphatic carbocycles. The van der Waals surface area contributed by atoms with Crippen LogP contribution in [0.3, 0.4) is 0 Å². The topological polar surface area (TPSA) is 29.5 Å². The van der Waals surface area contributed by atoms with Gasteiger partial charge in [0.05, 0.1) is 19.6 Å². The Morgan fingerprint density at radius 2 is 2.23 bits per heavy atom. The molecule has 0 N–H and O–H groups in total. The first kappa shape index (κ1) is 12.0. The zero-order chi connectivity index (χ0) is 10.1. The summed E-state index contributed by atoms with van der Waals surface area (Å²) in [5.74, 6) is 2.52. The second-order valence-corrected chi connectivity index (χ2v) is 2.56. The lowest BCUT2D eigenvalue weighted by molar-refractivity contribution is -0.131. The fraction of sp³-hybridized carbons (Fsp3) is 0.700. The molecule has 0 heterocycles. The third-order valence-corrected chi connectivity index (χ3v) is 1.68. The maximum Gasteiger partial charge on any atom is 0.225 e. The normalized spacial score (nSPS) is 9.31. The predicted molar refractivity (Wildman–Crippen MR) is 52.2 cm³/mol. The van der Waals surface area contributed by atoms with Gasteiger partial charge < -0.3 is 9.64 Å². The summed E-state index contributed by atoms with van der Waals surface area (Å²) in [6, 6.07) is 0. The summed E-state index contributed by atoms with van der Waals surface area (Å²) < 4.78 is 5.08. The van der Waals surface area contributed by atoms with E-state index in [0.717, 1.165) is 0 Å². The Labute approximate surface area is 80.1 Å². The summed E-state index contributed by atoms with van der Waals surface area (Å²) >= 11 is 0. The highest BCUT2D eigenvalue weighted by Gasteiger charge is 2.08. The molecule has 0 unspecified atom stereocenters. The van der Waals surface area contributed by atoms with Gasteiger partial charge in [0.2, 0.25) is 5.91 Å². The van der Waals surface area contributed by atoms with Crippen molar-refractivity contribution in [2.75, 3.05) is 26.3 Å². The molecule has 0 aromatic carbocycles. The number of amides is 1. The Bertz CT molecular complexity index is 184. The lowest BCUT2D eigenvalue weighted by atomic mass is 10.3. The summed E-state index contributed by atoms with van der Waals surface area (Å²) in [4.78, 5) is 13.0. The molecule has 0 aromatic heterocycles. The Morgan fingerprint density at radius 1 is 1.54 bits per heavy atom. The third kappa shape index (κ3) is 5.26. The molecule has 0 atom stereocenters. The molecular formula is C10H17NO2. The summed E-state index contributed by atoms with van der Waals surface area (Å²) in [6.07, 6.45) is 5.54. The number of carbonyl (C=O) groups excluding carboxylic acids is 1. The van der Waals surface area contributed by atoms with Crippen LogP contribution >= 0.6 is 0 Å². The Kier molecular flexibility index (Phi) is 7.04. The maximum absolute atomic E-state index is 11.4. The van der Waals surface area contributed by atoms with E-state index in [4.69, 9.17) is 11.2 Å². The minimum Gasteiger partial charge on any atom is -0.381 e. The lowest BCUT2D eigenvalue weighted by Gasteiger charge is -2.17. The summed E-state index contributed by atoms with van der Waals surface area (Å²) in [5, 5.41) is 0. The molecule has 0 aliphatic rings. The van der Waals surface area contributed by atoms with Gasteiger partial charge in [-0.1, -0.05) is 5.92 Å². The first-order valence-electron chi connectivity index (χ1n) is 4.55. The number of hydrogen-bond acceptors (Lipinski definition) is 2. The van der Waals surface area contributed by atoms with E-state index in [-0.39, 0.29) is 5.91 Å². The van der Waals surface area contributed by atoms with Crippen molar-refractivity contribution in [2.24, 2.45) is 0 Å². The highest BCUT2D eigenvalue weighted by Crippen LogP contribution is 1.94. The van der Waals surface area contributed by atoms with Crippen LogP contribution in [0.5, 0.6) is 0 Å². The molecule has 1 amide bonds. The van der Waals surface area contributed by atoms with Crippen molar-refractivity contribution in [3.05, 3.63) is 0 Å². The Hall–Kier alpha value is -1.01. The molecule has 0 saturated heterocycles. The Balaban J connectivity index is 3.72. The van der Waals surface area contributed by atoms with Gasteiger partial charge in [-0.15, -0.1) is 6.42 Å². The van der Waals surface area contributed by atoms with Crippen LogP contribution in [0.4, 0.5) is 0 Å². The molecular weight excluding hydrogens is 166 g/mol. The minimum absolute atomic E-state index is 0.0638. The smallest absolute Gasteiger partial charge is 0.225 e. The van der Waals surface area contributed by atoms with E-state index < -0.39 is 0 Å². The number of hydrogen-bond donors (Lipinski definition) is 0. The van der Waals surface area contributed by atoms with E-state index in [1.54, 1.807) is 4.90 Å². The van der Waals surface area contributed by atoms with Crippen molar-refractivity contribution >= 4 is 5.91 Å². The Morgan fingerprint density at radius 3 is 2.69 bits per heavy atom. The van der Waals surface area contributed by atoms with Crippen molar-refractivity contribution in [1.82, 2.24) is 4.90 Å². The monoisotopic (exact) mass is 183 g/mol. The number of carbonyl (C=O) groups is 1. The van der Waals surface area contributed by atoms with Gasteiger partial charge in [0.1, 0.15) is 0 Å².